The maximum atomic E-state index is 12.5. The minimum atomic E-state index is -4.81. The Hall–Kier alpha value is -1.92. The molecule has 27 heavy (non-hydrogen) atoms. The molecule has 1 aliphatic carbocycles. The summed E-state index contributed by atoms with van der Waals surface area (Å²) in [4.78, 5) is 30.6. The van der Waals surface area contributed by atoms with Crippen LogP contribution in [0, 0.1) is 0 Å². The second kappa shape index (κ2) is 6.91. The lowest BCUT2D eigenvalue weighted by atomic mass is 10.00. The topological polar surface area (TPSA) is 138 Å². The second-order valence-electron chi connectivity index (χ2n) is 7.88. The molecule has 152 valence electrons. The molecule has 3 aliphatic rings. The maximum absolute atomic E-state index is 12.5. The van der Waals surface area contributed by atoms with E-state index < -0.39 is 40.2 Å². The number of carbonyl (C=O) groups excluding carboxylic acids is 2. The number of carbonyl (C=O) groups is 2. The van der Waals surface area contributed by atoms with E-state index in [-0.39, 0.29) is 12.6 Å². The molecule has 2 heterocycles. The summed E-state index contributed by atoms with van der Waals surface area (Å²) in [6, 6.07) is -1.64. The Kier molecular flexibility index (Phi) is 5.08. The lowest BCUT2D eigenvalue weighted by molar-refractivity contribution is -0.0316. The minimum Gasteiger partial charge on any atom is -0.444 e. The van der Waals surface area contributed by atoms with Gasteiger partial charge < -0.3 is 9.64 Å². The first-order valence-electron chi connectivity index (χ1n) is 8.77. The van der Waals surface area contributed by atoms with Crippen LogP contribution in [-0.4, -0.2) is 71.2 Å². The average molecular weight is 404 g/mol. The number of rotatable bonds is 4. The van der Waals surface area contributed by atoms with Crippen LogP contribution in [0.15, 0.2) is 4.99 Å². The van der Waals surface area contributed by atoms with E-state index in [9.17, 15) is 18.0 Å². The highest BCUT2D eigenvalue weighted by Gasteiger charge is 2.49. The fraction of sp³-hybridized carbons (Fsp3) is 0.800. The number of piperidine rings is 1. The van der Waals surface area contributed by atoms with Gasteiger partial charge in [-0.2, -0.15) is 13.5 Å². The van der Waals surface area contributed by atoms with Gasteiger partial charge in [0.2, 0.25) is 0 Å². The van der Waals surface area contributed by atoms with Crippen LogP contribution < -0.4 is 5.32 Å². The van der Waals surface area contributed by atoms with E-state index in [0.29, 0.717) is 23.7 Å². The van der Waals surface area contributed by atoms with Crippen molar-refractivity contribution in [1.29, 1.82) is 0 Å². The van der Waals surface area contributed by atoms with Crippen molar-refractivity contribution in [1.82, 2.24) is 15.3 Å². The highest BCUT2D eigenvalue weighted by Crippen LogP contribution is 2.32. The van der Waals surface area contributed by atoms with Gasteiger partial charge in [-0.15, -0.1) is 4.28 Å². The number of aliphatic imine (C=N–C) groups is 1. The molecule has 2 bridgehead atoms. The third-order valence-electron chi connectivity index (χ3n) is 4.31. The lowest BCUT2D eigenvalue weighted by Gasteiger charge is -2.31. The van der Waals surface area contributed by atoms with Gasteiger partial charge in [0, 0.05) is 6.54 Å². The van der Waals surface area contributed by atoms with Crippen LogP contribution in [0.2, 0.25) is 0 Å². The molecule has 3 amide bonds. The Bertz CT molecular complexity index is 757. The van der Waals surface area contributed by atoms with E-state index in [2.05, 4.69) is 14.6 Å². The second-order valence-corrected chi connectivity index (χ2v) is 8.89. The summed E-state index contributed by atoms with van der Waals surface area (Å²) in [5, 5.41) is 3.31. The molecule has 0 aromatic rings. The van der Waals surface area contributed by atoms with Crippen molar-refractivity contribution in [3.05, 3.63) is 0 Å². The smallest absolute Gasteiger partial charge is 0.418 e. The standard InChI is InChI=1S/C15H24N4O7S/c1-15(2,3)25-13(20)17-12(16-9-4-5-9)11-7-6-10-8-18(11)14(21)19(10)26-27(22,23)24/h9-11H,4-8H2,1-3H3,(H,16,17,20)(H,22,23,24)/t10-,11+/m1/s1. The van der Waals surface area contributed by atoms with Gasteiger partial charge >= 0.3 is 22.5 Å². The van der Waals surface area contributed by atoms with Crippen molar-refractivity contribution in [2.24, 2.45) is 4.99 Å². The molecule has 1 saturated carbocycles. The normalized spacial score (nSPS) is 26.4. The van der Waals surface area contributed by atoms with Gasteiger partial charge in [-0.1, -0.05) is 0 Å². The molecule has 2 saturated heterocycles. The van der Waals surface area contributed by atoms with Crippen molar-refractivity contribution in [2.45, 2.75) is 70.2 Å². The number of nitrogens with one attached hydrogen (secondary N) is 1. The first-order chi connectivity index (χ1) is 12.4. The van der Waals surface area contributed by atoms with E-state index >= 15 is 0 Å². The molecule has 0 spiro atoms. The number of nitrogens with zero attached hydrogens (tertiary/aromatic N) is 3. The van der Waals surface area contributed by atoms with Crippen molar-refractivity contribution in [3.8, 4) is 0 Å². The highest BCUT2D eigenvalue weighted by molar-refractivity contribution is 7.80. The van der Waals surface area contributed by atoms with Gasteiger partial charge in [0.1, 0.15) is 11.4 Å². The summed E-state index contributed by atoms with van der Waals surface area (Å²) in [5.74, 6) is 0.326. The zero-order valence-corrected chi connectivity index (χ0v) is 16.2. The van der Waals surface area contributed by atoms with Crippen LogP contribution in [0.25, 0.3) is 0 Å². The van der Waals surface area contributed by atoms with Gasteiger partial charge in [-0.3, -0.25) is 14.9 Å². The van der Waals surface area contributed by atoms with Crippen LogP contribution in [0.4, 0.5) is 9.59 Å². The first-order valence-corrected chi connectivity index (χ1v) is 10.1. The van der Waals surface area contributed by atoms with E-state index in [1.165, 1.54) is 4.90 Å². The Labute approximate surface area is 157 Å². The number of hydrogen-bond donors (Lipinski definition) is 2. The molecule has 12 heteroatoms. The maximum Gasteiger partial charge on any atom is 0.418 e. The molecule has 2 aliphatic heterocycles. The third-order valence-corrected chi connectivity index (χ3v) is 4.66. The summed E-state index contributed by atoms with van der Waals surface area (Å²) in [6.07, 6.45) is 2.04. The number of hydrogen-bond acceptors (Lipinski definition) is 7. The highest BCUT2D eigenvalue weighted by atomic mass is 32.3. The van der Waals surface area contributed by atoms with Gasteiger partial charge in [0.15, 0.2) is 0 Å². The number of ether oxygens (including phenoxy) is 1. The van der Waals surface area contributed by atoms with Crippen molar-refractivity contribution >= 4 is 28.4 Å². The van der Waals surface area contributed by atoms with Crippen LogP contribution in [0.1, 0.15) is 46.5 Å². The third kappa shape index (κ3) is 5.08. The van der Waals surface area contributed by atoms with Crippen molar-refractivity contribution in [3.63, 3.8) is 0 Å². The Morgan fingerprint density at radius 3 is 2.48 bits per heavy atom. The van der Waals surface area contributed by atoms with E-state index in [0.717, 1.165) is 12.8 Å². The molecular formula is C15H24N4O7S. The van der Waals surface area contributed by atoms with Crippen LogP contribution in [0.3, 0.4) is 0 Å². The molecule has 0 aromatic carbocycles. The SMILES string of the molecule is CC(C)(C)OC(=O)NC(=NC1CC1)[C@@H]1CC[C@@H]2CN1C(=O)N2OS(=O)(=O)O. The lowest BCUT2D eigenvalue weighted by Crippen LogP contribution is -2.52. The Morgan fingerprint density at radius 1 is 1.26 bits per heavy atom. The van der Waals surface area contributed by atoms with Crippen LogP contribution in [-0.2, 0) is 19.4 Å². The predicted octanol–water partition coefficient (Wildman–Crippen LogP) is 1.08. The molecule has 0 aromatic heterocycles. The molecule has 3 rings (SSSR count). The number of amidine groups is 1. The summed E-state index contributed by atoms with van der Waals surface area (Å²) < 4.78 is 40.6. The average Bonchev–Trinajstić information content (AvgIpc) is 3.28. The van der Waals surface area contributed by atoms with Gasteiger partial charge in [-0.05, 0) is 46.5 Å². The Balaban J connectivity index is 1.76. The molecule has 3 fully saturated rings. The van der Waals surface area contributed by atoms with Gasteiger partial charge in [0.05, 0.1) is 18.1 Å². The molecule has 0 radical (unpaired) electrons. The van der Waals surface area contributed by atoms with Crippen LogP contribution in [0.5, 0.6) is 0 Å². The quantitative estimate of drug-likeness (QED) is 0.406. The predicted molar refractivity (Wildman–Crippen MR) is 93.2 cm³/mol. The summed E-state index contributed by atoms with van der Waals surface area (Å²) in [7, 11) is -4.81. The molecule has 2 atom stereocenters. The van der Waals surface area contributed by atoms with E-state index in [1.54, 1.807) is 20.8 Å². The summed E-state index contributed by atoms with van der Waals surface area (Å²) >= 11 is 0. The Morgan fingerprint density at radius 2 is 1.93 bits per heavy atom. The van der Waals surface area contributed by atoms with Crippen molar-refractivity contribution in [2.75, 3.05) is 6.54 Å². The molecule has 0 unspecified atom stereocenters. The minimum absolute atomic E-state index is 0.0931. The van der Waals surface area contributed by atoms with Crippen molar-refractivity contribution < 1.29 is 31.6 Å². The zero-order chi connectivity index (χ0) is 20.0. The molecular weight excluding hydrogens is 380 g/mol. The number of fused-ring (bicyclic) bond motifs is 2. The van der Waals surface area contributed by atoms with Crippen LogP contribution >= 0.6 is 0 Å². The fourth-order valence-corrected chi connectivity index (χ4v) is 3.51. The molecule has 11 nitrogen and oxygen atoms in total. The summed E-state index contributed by atoms with van der Waals surface area (Å²) in [5.41, 5.74) is -0.685. The number of alkyl carbamates (subject to hydrolysis) is 1. The number of amides is 3. The first kappa shape index (κ1) is 19.8. The summed E-state index contributed by atoms with van der Waals surface area (Å²) in [6.45, 7) is 5.43. The van der Waals surface area contributed by atoms with E-state index in [1.807, 2.05) is 0 Å². The number of urea groups is 1. The van der Waals surface area contributed by atoms with E-state index in [4.69, 9.17) is 9.29 Å². The largest absolute Gasteiger partial charge is 0.444 e. The fourth-order valence-electron chi connectivity index (χ4n) is 3.13. The van der Waals surface area contributed by atoms with Gasteiger partial charge in [-0.25, -0.2) is 9.59 Å². The number of hydroxylamine groups is 2. The molecule has 2 N–H and O–H groups in total. The van der Waals surface area contributed by atoms with Gasteiger partial charge in [0.25, 0.3) is 0 Å². The monoisotopic (exact) mass is 404 g/mol. The zero-order valence-electron chi connectivity index (χ0n) is 15.4.